The number of benzene rings is 2. The Hall–Kier alpha value is -2.51. The number of halogens is 1. The summed E-state index contributed by atoms with van der Waals surface area (Å²) < 4.78 is 1.68. The molecule has 92 valence electrons. The van der Waals surface area contributed by atoms with E-state index < -0.39 is 0 Å². The minimum Gasteiger partial charge on any atom is -0.399 e. The quantitative estimate of drug-likeness (QED) is 0.690. The topological polar surface area (TPSA) is 67.6 Å². The van der Waals surface area contributed by atoms with Gasteiger partial charge in [0.2, 0.25) is 0 Å². The second-order valence-corrected chi connectivity index (χ2v) is 4.58. The molecule has 0 aliphatic carbocycles. The molecular weight excluding hydrogens is 260 g/mol. The highest BCUT2D eigenvalue weighted by molar-refractivity contribution is 6.30. The van der Waals surface area contributed by atoms with E-state index in [1.807, 2.05) is 18.2 Å². The third-order valence-electron chi connectivity index (χ3n) is 2.90. The zero-order valence-corrected chi connectivity index (χ0v) is 10.6. The van der Waals surface area contributed by atoms with Crippen LogP contribution in [-0.4, -0.2) is 9.78 Å². The second-order valence-electron chi connectivity index (χ2n) is 4.15. The molecule has 0 bridgehead atoms. The summed E-state index contributed by atoms with van der Waals surface area (Å²) in [6.45, 7) is 0. The van der Waals surface area contributed by atoms with Crippen molar-refractivity contribution < 1.29 is 0 Å². The van der Waals surface area contributed by atoms with Gasteiger partial charge in [-0.1, -0.05) is 11.6 Å². The molecule has 0 atom stereocenters. The summed E-state index contributed by atoms with van der Waals surface area (Å²) in [5.74, 6) is 0. The summed E-state index contributed by atoms with van der Waals surface area (Å²) >= 11 is 6.00. The molecule has 0 aliphatic rings. The Kier molecular flexibility index (Phi) is 2.62. The first kappa shape index (κ1) is 11.6. The lowest BCUT2D eigenvalue weighted by molar-refractivity contribution is 0.907. The van der Waals surface area contributed by atoms with Gasteiger partial charge in [-0.05, 0) is 36.4 Å². The van der Waals surface area contributed by atoms with Crippen molar-refractivity contribution >= 4 is 28.2 Å². The minimum absolute atomic E-state index is 0.511. The third kappa shape index (κ3) is 1.90. The molecule has 4 nitrogen and oxygen atoms in total. The summed E-state index contributed by atoms with van der Waals surface area (Å²) in [6.07, 6.45) is 1.73. The number of nitrogens with two attached hydrogens (primary N) is 1. The molecule has 3 aromatic rings. The van der Waals surface area contributed by atoms with Crippen LogP contribution < -0.4 is 5.73 Å². The van der Waals surface area contributed by atoms with E-state index >= 15 is 0 Å². The zero-order chi connectivity index (χ0) is 13.4. The molecule has 2 N–H and O–H groups in total. The minimum atomic E-state index is 0.511. The van der Waals surface area contributed by atoms with E-state index in [0.29, 0.717) is 22.0 Å². The maximum Gasteiger partial charge on any atom is 0.101 e. The van der Waals surface area contributed by atoms with Crippen LogP contribution in [0.5, 0.6) is 0 Å². The molecule has 1 aromatic heterocycles. The smallest absolute Gasteiger partial charge is 0.101 e. The molecule has 0 fully saturated rings. The van der Waals surface area contributed by atoms with E-state index in [4.69, 9.17) is 17.3 Å². The Morgan fingerprint density at radius 3 is 2.84 bits per heavy atom. The first-order valence-electron chi connectivity index (χ1n) is 5.62. The lowest BCUT2D eigenvalue weighted by Crippen LogP contribution is -1.99. The van der Waals surface area contributed by atoms with Gasteiger partial charge in [-0.3, -0.25) is 0 Å². The van der Waals surface area contributed by atoms with Crippen molar-refractivity contribution in [3.05, 3.63) is 53.2 Å². The van der Waals surface area contributed by atoms with E-state index in [-0.39, 0.29) is 0 Å². The molecule has 1 heterocycles. The van der Waals surface area contributed by atoms with E-state index in [1.54, 1.807) is 29.1 Å². The van der Waals surface area contributed by atoms with Crippen LogP contribution in [-0.2, 0) is 0 Å². The average molecular weight is 269 g/mol. The summed E-state index contributed by atoms with van der Waals surface area (Å²) in [5.41, 5.74) is 8.45. The van der Waals surface area contributed by atoms with Crippen LogP contribution >= 0.6 is 11.6 Å². The van der Waals surface area contributed by atoms with Crippen molar-refractivity contribution in [3.8, 4) is 11.8 Å². The number of nitriles is 1. The molecule has 0 saturated carbocycles. The fourth-order valence-electron chi connectivity index (χ4n) is 2.00. The van der Waals surface area contributed by atoms with Gasteiger partial charge in [-0.25, -0.2) is 4.68 Å². The van der Waals surface area contributed by atoms with Crippen molar-refractivity contribution in [1.29, 1.82) is 5.26 Å². The molecule has 0 unspecified atom stereocenters. The molecule has 0 radical (unpaired) electrons. The Bertz CT molecular complexity index is 814. The summed E-state index contributed by atoms with van der Waals surface area (Å²) in [5, 5.41) is 15.0. The van der Waals surface area contributed by atoms with Crippen LogP contribution in [0.2, 0.25) is 5.02 Å². The Labute approximate surface area is 114 Å². The fraction of sp³-hybridized carbons (Fsp3) is 0. The van der Waals surface area contributed by atoms with Crippen molar-refractivity contribution in [2.45, 2.75) is 0 Å². The highest BCUT2D eigenvalue weighted by Gasteiger charge is 2.10. The second kappa shape index (κ2) is 4.30. The van der Waals surface area contributed by atoms with Crippen LogP contribution in [0, 0.1) is 11.3 Å². The normalized spacial score (nSPS) is 10.5. The number of rotatable bonds is 1. The summed E-state index contributed by atoms with van der Waals surface area (Å²) in [6, 6.07) is 12.8. The summed E-state index contributed by atoms with van der Waals surface area (Å²) in [7, 11) is 0. The standard InChI is InChI=1S/C14H9ClN4/c15-11-3-1-9(7-16)13(5-11)19-14-6-12(17)4-2-10(14)8-18-19/h1-6,8H,17H2. The maximum atomic E-state index is 9.18. The highest BCUT2D eigenvalue weighted by Crippen LogP contribution is 2.24. The van der Waals surface area contributed by atoms with Gasteiger partial charge >= 0.3 is 0 Å². The van der Waals surface area contributed by atoms with Gasteiger partial charge in [0.25, 0.3) is 0 Å². The van der Waals surface area contributed by atoms with Crippen molar-refractivity contribution in [2.75, 3.05) is 5.73 Å². The van der Waals surface area contributed by atoms with Crippen LogP contribution in [0.3, 0.4) is 0 Å². The molecule has 0 amide bonds. The van der Waals surface area contributed by atoms with Gasteiger partial charge in [0.05, 0.1) is 23.0 Å². The monoisotopic (exact) mass is 268 g/mol. The Morgan fingerprint density at radius 2 is 2.05 bits per heavy atom. The molecular formula is C14H9ClN4. The molecule has 0 saturated heterocycles. The fourth-order valence-corrected chi connectivity index (χ4v) is 2.17. The predicted molar refractivity (Wildman–Crippen MR) is 75.2 cm³/mol. The van der Waals surface area contributed by atoms with E-state index in [2.05, 4.69) is 11.2 Å². The molecule has 3 rings (SSSR count). The zero-order valence-electron chi connectivity index (χ0n) is 9.84. The van der Waals surface area contributed by atoms with Crippen molar-refractivity contribution in [3.63, 3.8) is 0 Å². The van der Waals surface area contributed by atoms with Gasteiger partial charge < -0.3 is 5.73 Å². The average Bonchev–Trinajstić information content (AvgIpc) is 2.81. The van der Waals surface area contributed by atoms with Crippen LogP contribution in [0.15, 0.2) is 42.6 Å². The van der Waals surface area contributed by atoms with E-state index in [0.717, 1.165) is 10.9 Å². The number of anilines is 1. The van der Waals surface area contributed by atoms with E-state index in [9.17, 15) is 5.26 Å². The largest absolute Gasteiger partial charge is 0.399 e. The van der Waals surface area contributed by atoms with Crippen LogP contribution in [0.1, 0.15) is 5.56 Å². The van der Waals surface area contributed by atoms with Crippen molar-refractivity contribution in [2.24, 2.45) is 0 Å². The van der Waals surface area contributed by atoms with Crippen LogP contribution in [0.4, 0.5) is 5.69 Å². The highest BCUT2D eigenvalue weighted by atomic mass is 35.5. The maximum absolute atomic E-state index is 9.18. The molecule has 2 aromatic carbocycles. The number of nitrogens with zero attached hydrogens (tertiary/aromatic N) is 3. The van der Waals surface area contributed by atoms with E-state index in [1.165, 1.54) is 0 Å². The van der Waals surface area contributed by atoms with Crippen LogP contribution in [0.25, 0.3) is 16.6 Å². The lowest BCUT2D eigenvalue weighted by Gasteiger charge is -2.06. The number of fused-ring (bicyclic) bond motifs is 1. The van der Waals surface area contributed by atoms with Gasteiger partial charge in [0.1, 0.15) is 6.07 Å². The molecule has 5 heteroatoms. The van der Waals surface area contributed by atoms with Gasteiger partial charge in [0.15, 0.2) is 0 Å². The third-order valence-corrected chi connectivity index (χ3v) is 3.14. The molecule has 0 spiro atoms. The first-order chi connectivity index (χ1) is 9.19. The van der Waals surface area contributed by atoms with Crippen molar-refractivity contribution in [1.82, 2.24) is 9.78 Å². The number of aromatic nitrogens is 2. The predicted octanol–water partition coefficient (Wildman–Crippen LogP) is 3.13. The number of hydrogen-bond acceptors (Lipinski definition) is 3. The molecule has 19 heavy (non-hydrogen) atoms. The Morgan fingerprint density at radius 1 is 1.21 bits per heavy atom. The number of hydrogen-bond donors (Lipinski definition) is 1. The Balaban J connectivity index is 2.33. The number of nitrogen functional groups attached to an aromatic ring is 1. The van der Waals surface area contributed by atoms with Gasteiger partial charge in [-0.2, -0.15) is 10.4 Å². The first-order valence-corrected chi connectivity index (χ1v) is 6.00. The summed E-state index contributed by atoms with van der Waals surface area (Å²) in [4.78, 5) is 0. The molecule has 0 aliphatic heterocycles. The van der Waals surface area contributed by atoms with Gasteiger partial charge in [0, 0.05) is 16.1 Å². The lowest BCUT2D eigenvalue weighted by atomic mass is 10.2. The van der Waals surface area contributed by atoms with Gasteiger partial charge in [-0.15, -0.1) is 0 Å². The SMILES string of the molecule is N#Cc1ccc(Cl)cc1-n1ncc2ccc(N)cc21.